The van der Waals surface area contributed by atoms with Crippen molar-refractivity contribution >= 4 is 24.3 Å². The molecule has 0 bridgehead atoms. The van der Waals surface area contributed by atoms with E-state index in [1.54, 1.807) is 10.8 Å². The van der Waals surface area contributed by atoms with E-state index in [0.29, 0.717) is 12.1 Å². The van der Waals surface area contributed by atoms with Crippen LogP contribution < -0.4 is 5.49 Å². The van der Waals surface area contributed by atoms with Crippen molar-refractivity contribution in [1.82, 2.24) is 9.24 Å². The fourth-order valence-corrected chi connectivity index (χ4v) is 3.87. The molecule has 0 N–H and O–H groups in total. The molecule has 6 nitrogen and oxygen atoms in total. The largest absolute Gasteiger partial charge is 0.468 e. The summed E-state index contributed by atoms with van der Waals surface area (Å²) < 4.78 is 18.5. The van der Waals surface area contributed by atoms with E-state index >= 15 is 0 Å². The number of methoxy groups -OCH3 is 1. The molecule has 1 aliphatic heterocycles. The minimum absolute atomic E-state index is 0.106. The molecule has 1 unspecified atom stereocenters. The smallest absolute Gasteiger partial charge is 0.325 e. The molecular formula is C11H16N3O3PS. The molecule has 0 radical (unpaired) electrons. The van der Waals surface area contributed by atoms with Crippen molar-refractivity contribution in [3.8, 4) is 0 Å². The highest BCUT2D eigenvalue weighted by molar-refractivity contribution is 8.10. The second kappa shape index (κ2) is 5.96. The molecule has 0 aromatic carbocycles. The van der Waals surface area contributed by atoms with Gasteiger partial charge >= 0.3 is 5.97 Å². The van der Waals surface area contributed by atoms with E-state index in [-0.39, 0.29) is 12.5 Å². The minimum atomic E-state index is -2.34. The zero-order valence-corrected chi connectivity index (χ0v) is 12.6. The number of esters is 1. The molecule has 19 heavy (non-hydrogen) atoms. The highest BCUT2D eigenvalue weighted by Gasteiger charge is 2.29. The van der Waals surface area contributed by atoms with Crippen LogP contribution in [-0.2, 0) is 32.4 Å². The summed E-state index contributed by atoms with van der Waals surface area (Å²) in [5.41, 5.74) is 0.630. The number of aromatic nitrogens is 1. The van der Waals surface area contributed by atoms with Gasteiger partial charge in [0, 0.05) is 12.7 Å². The van der Waals surface area contributed by atoms with Crippen molar-refractivity contribution in [2.45, 2.75) is 6.54 Å². The molecule has 0 amide bonds. The van der Waals surface area contributed by atoms with E-state index in [1.807, 2.05) is 29.9 Å². The Balaban J connectivity index is 2.39. The highest BCUT2D eigenvalue weighted by Crippen LogP contribution is 2.54. The fraction of sp³-hybridized carbons (Fsp3) is 0.455. The normalized spacial score (nSPS) is 24.6. The average molecular weight is 301 g/mol. The Morgan fingerprint density at radius 3 is 3.05 bits per heavy atom. The first-order valence-corrected chi connectivity index (χ1v) is 8.42. The van der Waals surface area contributed by atoms with E-state index in [4.69, 9.17) is 16.3 Å². The predicted octanol–water partition coefficient (Wildman–Crippen LogP) is 0.748. The van der Waals surface area contributed by atoms with Crippen LogP contribution in [0.3, 0.4) is 0 Å². The molecule has 1 fully saturated rings. The van der Waals surface area contributed by atoms with Crippen LogP contribution in [0.4, 0.5) is 0 Å². The first-order chi connectivity index (χ1) is 9.05. The Hall–Kier alpha value is -1.01. The summed E-state index contributed by atoms with van der Waals surface area (Å²) in [6.45, 7) is -0.856. The predicted molar refractivity (Wildman–Crippen MR) is 74.9 cm³/mol. The standard InChI is InChI=1S/C11H16N3O3PS/c1-13-7-8-17-18(13,19)12-10-5-3-4-6-14(10)9-11(15)16-2/h3-6H,7-9H2,1-2H3/b12-10+. The third-order valence-corrected chi connectivity index (χ3v) is 6.22. The Morgan fingerprint density at radius 2 is 2.42 bits per heavy atom. The van der Waals surface area contributed by atoms with Crippen molar-refractivity contribution in [2.24, 2.45) is 4.76 Å². The lowest BCUT2D eigenvalue weighted by Crippen LogP contribution is -2.25. The molecule has 1 aliphatic rings. The van der Waals surface area contributed by atoms with Crippen LogP contribution >= 0.6 is 6.57 Å². The fourth-order valence-electron chi connectivity index (χ4n) is 1.65. The number of hydrogen-bond acceptors (Lipinski definition) is 4. The monoisotopic (exact) mass is 301 g/mol. The summed E-state index contributed by atoms with van der Waals surface area (Å²) in [7, 11) is 3.27. The molecule has 1 atom stereocenters. The van der Waals surface area contributed by atoms with E-state index in [0.717, 1.165) is 6.54 Å². The lowest BCUT2D eigenvalue weighted by molar-refractivity contribution is -0.141. The maximum Gasteiger partial charge on any atom is 0.325 e. The molecule has 2 rings (SSSR count). The van der Waals surface area contributed by atoms with Crippen molar-refractivity contribution in [1.29, 1.82) is 0 Å². The lowest BCUT2D eigenvalue weighted by atomic mass is 10.4. The Morgan fingerprint density at radius 1 is 1.63 bits per heavy atom. The summed E-state index contributed by atoms with van der Waals surface area (Å²) in [4.78, 5) is 11.4. The quantitative estimate of drug-likeness (QED) is 0.609. The number of likely N-dealkylation sites (N-methyl/N-ethyl adjacent to an activating group) is 1. The van der Waals surface area contributed by atoms with E-state index in [1.165, 1.54) is 7.11 Å². The van der Waals surface area contributed by atoms with Gasteiger partial charge in [-0.25, -0.2) is 4.67 Å². The number of hydrogen-bond donors (Lipinski definition) is 0. The van der Waals surface area contributed by atoms with Crippen LogP contribution in [0.25, 0.3) is 0 Å². The summed E-state index contributed by atoms with van der Waals surface area (Å²) in [6.07, 6.45) is 1.77. The molecule has 0 spiro atoms. The van der Waals surface area contributed by atoms with Gasteiger partial charge in [-0.15, -0.1) is 0 Å². The third kappa shape index (κ3) is 3.30. The lowest BCUT2D eigenvalue weighted by Gasteiger charge is -2.17. The summed E-state index contributed by atoms with van der Waals surface area (Å²) in [5, 5.41) is 0. The molecule has 1 aromatic heterocycles. The zero-order chi connectivity index (χ0) is 13.9. The summed E-state index contributed by atoms with van der Waals surface area (Å²) >= 11 is 5.49. The van der Waals surface area contributed by atoms with Gasteiger partial charge in [-0.1, -0.05) is 6.07 Å². The molecule has 0 saturated carbocycles. The minimum Gasteiger partial charge on any atom is -0.468 e. The van der Waals surface area contributed by atoms with Gasteiger partial charge in [-0.05, 0) is 31.0 Å². The number of nitrogens with zero attached hydrogens (tertiary/aromatic N) is 3. The van der Waals surface area contributed by atoms with Crippen molar-refractivity contribution in [2.75, 3.05) is 27.3 Å². The van der Waals surface area contributed by atoms with Crippen LogP contribution in [0.2, 0.25) is 0 Å². The van der Waals surface area contributed by atoms with Crippen molar-refractivity contribution in [3.05, 3.63) is 29.9 Å². The second-order valence-corrected chi connectivity index (χ2v) is 7.62. The Kier molecular flexibility index (Phi) is 4.52. The van der Waals surface area contributed by atoms with Crippen LogP contribution in [0.15, 0.2) is 29.2 Å². The molecule has 1 saturated heterocycles. The summed E-state index contributed by atoms with van der Waals surface area (Å²) in [6, 6.07) is 5.49. The maximum absolute atomic E-state index is 11.4. The van der Waals surface area contributed by atoms with Crippen molar-refractivity contribution < 1.29 is 14.1 Å². The summed E-state index contributed by atoms with van der Waals surface area (Å²) in [5.74, 6) is -0.329. The third-order valence-electron chi connectivity index (χ3n) is 2.78. The molecule has 1 aromatic rings. The SMILES string of the molecule is COC(=O)Cn1cccc/c1=N\P1(=S)OCCN1C. The maximum atomic E-state index is 11.4. The Labute approximate surface area is 116 Å². The molecule has 8 heteroatoms. The van der Waals surface area contributed by atoms with E-state index < -0.39 is 6.57 Å². The first kappa shape index (κ1) is 14.4. The van der Waals surface area contributed by atoms with Crippen LogP contribution in [0.1, 0.15) is 0 Å². The van der Waals surface area contributed by atoms with Gasteiger partial charge in [0.15, 0.2) is 0 Å². The van der Waals surface area contributed by atoms with E-state index in [2.05, 4.69) is 9.50 Å². The number of carbonyl (C=O) groups is 1. The average Bonchev–Trinajstić information content (AvgIpc) is 2.72. The van der Waals surface area contributed by atoms with Gasteiger partial charge in [-0.3, -0.25) is 4.79 Å². The zero-order valence-electron chi connectivity index (χ0n) is 10.9. The Bertz CT molecular complexity index is 587. The number of ether oxygens (including phenoxy) is 1. The number of carbonyl (C=O) groups excluding carboxylic acids is 1. The van der Waals surface area contributed by atoms with Gasteiger partial charge in [0.05, 0.1) is 13.7 Å². The second-order valence-electron chi connectivity index (χ2n) is 4.07. The van der Waals surface area contributed by atoms with Crippen molar-refractivity contribution in [3.63, 3.8) is 0 Å². The molecule has 2 heterocycles. The number of pyridine rings is 1. The topological polar surface area (TPSA) is 56.1 Å². The van der Waals surface area contributed by atoms with Gasteiger partial charge < -0.3 is 13.8 Å². The van der Waals surface area contributed by atoms with Gasteiger partial charge in [0.2, 0.25) is 6.57 Å². The van der Waals surface area contributed by atoms with Gasteiger partial charge in [0.1, 0.15) is 12.0 Å². The van der Waals surface area contributed by atoms with Crippen LogP contribution in [0, 0.1) is 0 Å². The number of rotatable bonds is 3. The molecular weight excluding hydrogens is 285 g/mol. The highest BCUT2D eigenvalue weighted by atomic mass is 32.4. The molecule has 104 valence electrons. The van der Waals surface area contributed by atoms with Gasteiger partial charge in [-0.2, -0.15) is 4.76 Å². The van der Waals surface area contributed by atoms with Gasteiger partial charge in [0.25, 0.3) is 0 Å². The van der Waals surface area contributed by atoms with Crippen LogP contribution in [-0.4, -0.2) is 42.5 Å². The van der Waals surface area contributed by atoms with Crippen LogP contribution in [0.5, 0.6) is 0 Å². The first-order valence-electron chi connectivity index (χ1n) is 5.80. The molecule has 0 aliphatic carbocycles. The van der Waals surface area contributed by atoms with E-state index in [9.17, 15) is 4.79 Å².